The van der Waals surface area contributed by atoms with Gasteiger partial charge in [-0.3, -0.25) is 0 Å². The van der Waals surface area contributed by atoms with Crippen LogP contribution in [0.4, 0.5) is 5.69 Å². The molecule has 14 heavy (non-hydrogen) atoms. The van der Waals surface area contributed by atoms with Gasteiger partial charge < -0.3 is 5.32 Å². The monoisotopic (exact) mass is 189 g/mol. The minimum absolute atomic E-state index is 0.610. The van der Waals surface area contributed by atoms with E-state index in [1.54, 1.807) is 0 Å². The van der Waals surface area contributed by atoms with Crippen LogP contribution in [-0.2, 0) is 0 Å². The number of hydrogen-bond acceptors (Lipinski definition) is 1. The lowest BCUT2D eigenvalue weighted by molar-refractivity contribution is 0.552. The fourth-order valence-corrected chi connectivity index (χ4v) is 2.40. The summed E-state index contributed by atoms with van der Waals surface area (Å²) in [5.41, 5.74) is 2.87. The Balaban J connectivity index is 2.17. The van der Waals surface area contributed by atoms with Crippen molar-refractivity contribution in [1.29, 1.82) is 0 Å². The minimum atomic E-state index is 0.610. The zero-order valence-corrected chi connectivity index (χ0v) is 9.09. The van der Waals surface area contributed by atoms with E-state index in [4.69, 9.17) is 0 Å². The van der Waals surface area contributed by atoms with Gasteiger partial charge in [-0.05, 0) is 25.0 Å². The van der Waals surface area contributed by atoms with Crippen molar-refractivity contribution >= 4 is 5.69 Å². The number of para-hydroxylation sites is 1. The van der Waals surface area contributed by atoms with Gasteiger partial charge >= 0.3 is 0 Å². The van der Waals surface area contributed by atoms with Crippen molar-refractivity contribution in [2.24, 2.45) is 0 Å². The molecule has 1 aromatic rings. The normalized spacial score (nSPS) is 24.4. The Morgan fingerprint density at radius 2 is 2.07 bits per heavy atom. The van der Waals surface area contributed by atoms with Crippen LogP contribution in [-0.4, -0.2) is 6.04 Å². The van der Waals surface area contributed by atoms with Gasteiger partial charge in [-0.2, -0.15) is 0 Å². The first-order valence-electron chi connectivity index (χ1n) is 5.68. The van der Waals surface area contributed by atoms with Crippen molar-refractivity contribution in [1.82, 2.24) is 0 Å². The van der Waals surface area contributed by atoms with Crippen molar-refractivity contribution in [3.05, 3.63) is 29.8 Å². The molecule has 1 nitrogen and oxygen atoms in total. The third-order valence-corrected chi connectivity index (χ3v) is 3.22. The van der Waals surface area contributed by atoms with Gasteiger partial charge in [0.05, 0.1) is 0 Å². The second-order valence-corrected chi connectivity index (χ2v) is 4.27. The van der Waals surface area contributed by atoms with Gasteiger partial charge in [-0.1, -0.05) is 38.0 Å². The molecule has 0 spiro atoms. The second kappa shape index (κ2) is 4.04. The van der Waals surface area contributed by atoms with Crippen LogP contribution in [0, 0.1) is 0 Å². The molecule has 0 fully saturated rings. The van der Waals surface area contributed by atoms with E-state index in [2.05, 4.69) is 43.4 Å². The topological polar surface area (TPSA) is 12.0 Å². The van der Waals surface area contributed by atoms with Gasteiger partial charge in [0.15, 0.2) is 0 Å². The van der Waals surface area contributed by atoms with Crippen LogP contribution >= 0.6 is 0 Å². The molecule has 0 radical (unpaired) electrons. The summed E-state index contributed by atoms with van der Waals surface area (Å²) in [5, 5.41) is 3.56. The number of anilines is 1. The molecule has 1 aliphatic rings. The average Bonchev–Trinajstić information content (AvgIpc) is 2.51. The first-order chi connectivity index (χ1) is 6.83. The fraction of sp³-hybridized carbons (Fsp3) is 0.538. The van der Waals surface area contributed by atoms with Gasteiger partial charge in [0, 0.05) is 17.6 Å². The van der Waals surface area contributed by atoms with Crippen LogP contribution in [0.25, 0.3) is 0 Å². The molecule has 1 heteroatoms. The molecule has 0 aromatic heterocycles. The molecule has 0 unspecified atom stereocenters. The minimum Gasteiger partial charge on any atom is -0.382 e. The molecule has 1 heterocycles. The standard InChI is InChI=1S/C13H19N/c1-3-4-7-11-10(2)14-13-9-6-5-8-12(11)13/h5-6,8-11,14H,3-4,7H2,1-2H3/t10-,11+/m1/s1. The summed E-state index contributed by atoms with van der Waals surface area (Å²) >= 11 is 0. The molecule has 0 saturated heterocycles. The van der Waals surface area contributed by atoms with Crippen molar-refractivity contribution in [2.45, 2.75) is 45.1 Å². The highest BCUT2D eigenvalue weighted by Gasteiger charge is 2.27. The first kappa shape index (κ1) is 9.57. The van der Waals surface area contributed by atoms with Gasteiger partial charge in [0.1, 0.15) is 0 Å². The summed E-state index contributed by atoms with van der Waals surface area (Å²) in [5.74, 6) is 0.728. The van der Waals surface area contributed by atoms with E-state index >= 15 is 0 Å². The highest BCUT2D eigenvalue weighted by molar-refractivity contribution is 5.58. The number of rotatable bonds is 3. The molecule has 0 bridgehead atoms. The lowest BCUT2D eigenvalue weighted by Crippen LogP contribution is -2.15. The molecule has 76 valence electrons. The summed E-state index contributed by atoms with van der Waals surface area (Å²) < 4.78 is 0. The molecule has 0 saturated carbocycles. The van der Waals surface area contributed by atoms with Crippen LogP contribution in [0.2, 0.25) is 0 Å². The van der Waals surface area contributed by atoms with Crippen molar-refractivity contribution < 1.29 is 0 Å². The molecular formula is C13H19N. The van der Waals surface area contributed by atoms with E-state index in [1.807, 2.05) is 0 Å². The summed E-state index contributed by atoms with van der Waals surface area (Å²) in [6, 6.07) is 9.33. The van der Waals surface area contributed by atoms with E-state index in [-0.39, 0.29) is 0 Å². The van der Waals surface area contributed by atoms with Crippen LogP contribution in [0.3, 0.4) is 0 Å². The number of benzene rings is 1. The smallest absolute Gasteiger partial charge is 0.0378 e. The molecule has 0 amide bonds. The molecule has 2 rings (SSSR count). The maximum atomic E-state index is 3.56. The molecule has 2 atom stereocenters. The highest BCUT2D eigenvalue weighted by atomic mass is 15.0. The Labute approximate surface area is 86.5 Å². The van der Waals surface area contributed by atoms with E-state index < -0.39 is 0 Å². The highest BCUT2D eigenvalue weighted by Crippen LogP contribution is 2.38. The van der Waals surface area contributed by atoms with Gasteiger partial charge in [0.25, 0.3) is 0 Å². The summed E-state index contributed by atoms with van der Waals surface area (Å²) in [4.78, 5) is 0. The Hall–Kier alpha value is -0.980. The Morgan fingerprint density at radius 3 is 2.86 bits per heavy atom. The maximum Gasteiger partial charge on any atom is 0.0378 e. The largest absolute Gasteiger partial charge is 0.382 e. The van der Waals surface area contributed by atoms with E-state index in [1.165, 1.54) is 30.5 Å². The van der Waals surface area contributed by atoms with E-state index in [9.17, 15) is 0 Å². The van der Waals surface area contributed by atoms with Crippen molar-refractivity contribution in [3.63, 3.8) is 0 Å². The molecule has 1 aromatic carbocycles. The lowest BCUT2D eigenvalue weighted by Gasteiger charge is -2.15. The second-order valence-electron chi connectivity index (χ2n) is 4.27. The van der Waals surface area contributed by atoms with Crippen LogP contribution in [0.15, 0.2) is 24.3 Å². The summed E-state index contributed by atoms with van der Waals surface area (Å²) in [6.45, 7) is 4.55. The van der Waals surface area contributed by atoms with Gasteiger partial charge in [-0.25, -0.2) is 0 Å². The van der Waals surface area contributed by atoms with E-state index in [0.29, 0.717) is 6.04 Å². The predicted octanol–water partition coefficient (Wildman–Crippen LogP) is 3.77. The molecular weight excluding hydrogens is 170 g/mol. The number of unbranched alkanes of at least 4 members (excludes halogenated alkanes) is 1. The molecule has 1 aliphatic heterocycles. The van der Waals surface area contributed by atoms with Crippen LogP contribution in [0.5, 0.6) is 0 Å². The van der Waals surface area contributed by atoms with Gasteiger partial charge in [0.2, 0.25) is 0 Å². The lowest BCUT2D eigenvalue weighted by atomic mass is 9.91. The Bertz CT molecular complexity index is 306. The predicted molar refractivity (Wildman–Crippen MR) is 61.8 cm³/mol. The zero-order chi connectivity index (χ0) is 9.97. The average molecular weight is 189 g/mol. The van der Waals surface area contributed by atoms with Crippen LogP contribution in [0.1, 0.15) is 44.6 Å². The van der Waals surface area contributed by atoms with Crippen molar-refractivity contribution in [3.8, 4) is 0 Å². The third kappa shape index (κ3) is 1.63. The SMILES string of the molecule is CCCC[C@@H]1c2ccccc2N[C@@H]1C. The van der Waals surface area contributed by atoms with E-state index in [0.717, 1.165) is 5.92 Å². The number of hydrogen-bond donors (Lipinski definition) is 1. The Kier molecular flexibility index (Phi) is 2.76. The first-order valence-corrected chi connectivity index (χ1v) is 5.68. The maximum absolute atomic E-state index is 3.56. The third-order valence-electron chi connectivity index (χ3n) is 3.22. The number of nitrogens with one attached hydrogen (secondary N) is 1. The Morgan fingerprint density at radius 1 is 1.29 bits per heavy atom. The molecule has 1 N–H and O–H groups in total. The summed E-state index contributed by atoms with van der Waals surface area (Å²) in [6.07, 6.45) is 3.96. The zero-order valence-electron chi connectivity index (χ0n) is 9.09. The number of fused-ring (bicyclic) bond motifs is 1. The summed E-state index contributed by atoms with van der Waals surface area (Å²) in [7, 11) is 0. The van der Waals surface area contributed by atoms with Gasteiger partial charge in [-0.15, -0.1) is 0 Å². The fourth-order valence-electron chi connectivity index (χ4n) is 2.40. The van der Waals surface area contributed by atoms with Crippen LogP contribution < -0.4 is 5.32 Å². The quantitative estimate of drug-likeness (QED) is 0.763. The molecule has 0 aliphatic carbocycles. The van der Waals surface area contributed by atoms with Crippen molar-refractivity contribution in [2.75, 3.05) is 5.32 Å².